The molecule has 0 aromatic carbocycles. The first kappa shape index (κ1) is 12.5. The van der Waals surface area contributed by atoms with Gasteiger partial charge in [0.2, 0.25) is 0 Å². The normalized spacial score (nSPS) is 12.7. The zero-order valence-corrected chi connectivity index (χ0v) is 10.2. The number of pyridine rings is 1. The van der Waals surface area contributed by atoms with Crippen LogP contribution in [0.2, 0.25) is 0 Å². The van der Waals surface area contributed by atoms with Crippen molar-refractivity contribution in [2.75, 3.05) is 5.88 Å². The lowest BCUT2D eigenvalue weighted by Crippen LogP contribution is -2.25. The van der Waals surface area contributed by atoms with Crippen LogP contribution >= 0.6 is 11.6 Å². The van der Waals surface area contributed by atoms with E-state index in [0.717, 1.165) is 36.7 Å². The van der Waals surface area contributed by atoms with Crippen molar-refractivity contribution in [1.82, 2.24) is 10.3 Å². The van der Waals surface area contributed by atoms with E-state index in [4.69, 9.17) is 11.6 Å². The molecule has 15 heavy (non-hydrogen) atoms. The van der Waals surface area contributed by atoms with Crippen molar-refractivity contribution in [2.24, 2.45) is 0 Å². The van der Waals surface area contributed by atoms with Crippen LogP contribution < -0.4 is 5.32 Å². The maximum Gasteiger partial charge on any atom is 0.0544 e. The number of nitrogens with one attached hydrogen (secondary N) is 1. The predicted molar refractivity (Wildman–Crippen MR) is 65.2 cm³/mol. The maximum absolute atomic E-state index is 5.64. The summed E-state index contributed by atoms with van der Waals surface area (Å²) in [5.41, 5.74) is 2.18. The molecule has 0 spiro atoms. The molecule has 0 fully saturated rings. The van der Waals surface area contributed by atoms with Gasteiger partial charge in [0.1, 0.15) is 0 Å². The molecule has 0 aliphatic carbocycles. The lowest BCUT2D eigenvalue weighted by molar-refractivity contribution is 0.505. The first-order chi connectivity index (χ1) is 7.22. The Bertz CT molecular complexity index is 289. The third-order valence-electron chi connectivity index (χ3n) is 2.35. The van der Waals surface area contributed by atoms with Crippen molar-refractivity contribution in [2.45, 2.75) is 39.3 Å². The van der Waals surface area contributed by atoms with Crippen molar-refractivity contribution in [1.29, 1.82) is 0 Å². The van der Waals surface area contributed by atoms with Gasteiger partial charge < -0.3 is 5.32 Å². The molecule has 0 aliphatic heterocycles. The number of hydrogen-bond donors (Lipinski definition) is 1. The molecule has 1 rings (SSSR count). The van der Waals surface area contributed by atoms with Gasteiger partial charge in [0.05, 0.1) is 5.69 Å². The van der Waals surface area contributed by atoms with Crippen molar-refractivity contribution in [3.63, 3.8) is 0 Å². The molecule has 1 aromatic heterocycles. The number of aryl methyl sites for hydroxylation is 1. The highest BCUT2D eigenvalue weighted by atomic mass is 35.5. The molecule has 2 nitrogen and oxygen atoms in total. The first-order valence-electron chi connectivity index (χ1n) is 5.44. The molecule has 3 heteroatoms. The zero-order chi connectivity index (χ0) is 11.1. The lowest BCUT2D eigenvalue weighted by atomic mass is 10.2. The second-order valence-electron chi connectivity index (χ2n) is 3.88. The minimum atomic E-state index is 0.506. The van der Waals surface area contributed by atoms with Crippen molar-refractivity contribution >= 4 is 11.6 Å². The third kappa shape index (κ3) is 5.14. The Morgan fingerprint density at radius 2 is 2.27 bits per heavy atom. The molecule has 1 unspecified atom stereocenters. The van der Waals surface area contributed by atoms with Crippen LogP contribution in [0.5, 0.6) is 0 Å². The number of halogens is 1. The van der Waals surface area contributed by atoms with E-state index < -0.39 is 0 Å². The fourth-order valence-electron chi connectivity index (χ4n) is 1.46. The average Bonchev–Trinajstić information content (AvgIpc) is 2.23. The van der Waals surface area contributed by atoms with Gasteiger partial charge in [-0.2, -0.15) is 0 Å². The summed E-state index contributed by atoms with van der Waals surface area (Å²) in [7, 11) is 0. The molecule has 1 aromatic rings. The van der Waals surface area contributed by atoms with E-state index >= 15 is 0 Å². The second kappa shape index (κ2) is 6.81. The standard InChI is InChI=1S/C12H19ClN2/c1-10(6-4-8-13)14-9-12-7-3-5-11(2)15-12/h3,5,7,10,14H,4,6,8-9H2,1-2H3. The number of hydrogen-bond acceptors (Lipinski definition) is 2. The zero-order valence-electron chi connectivity index (χ0n) is 9.46. The van der Waals surface area contributed by atoms with Gasteiger partial charge >= 0.3 is 0 Å². The SMILES string of the molecule is Cc1cccc(CNC(C)CCCCl)n1. The summed E-state index contributed by atoms with van der Waals surface area (Å²) in [6.45, 7) is 5.04. The van der Waals surface area contributed by atoms with E-state index in [1.807, 2.05) is 25.1 Å². The lowest BCUT2D eigenvalue weighted by Gasteiger charge is -2.12. The quantitative estimate of drug-likeness (QED) is 0.755. The first-order valence-corrected chi connectivity index (χ1v) is 5.97. The maximum atomic E-state index is 5.64. The Hall–Kier alpha value is -0.600. The molecule has 0 amide bonds. The predicted octanol–water partition coefficient (Wildman–Crippen LogP) is 2.89. The largest absolute Gasteiger partial charge is 0.309 e. The van der Waals surface area contributed by atoms with Gasteiger partial charge in [-0.3, -0.25) is 4.98 Å². The number of rotatable bonds is 6. The number of nitrogens with zero attached hydrogens (tertiary/aromatic N) is 1. The Morgan fingerprint density at radius 3 is 2.93 bits per heavy atom. The van der Waals surface area contributed by atoms with Gasteiger partial charge in [-0.05, 0) is 38.8 Å². The van der Waals surface area contributed by atoms with E-state index in [0.29, 0.717) is 6.04 Å². The highest BCUT2D eigenvalue weighted by molar-refractivity contribution is 6.17. The average molecular weight is 227 g/mol. The van der Waals surface area contributed by atoms with Crippen LogP contribution in [0, 0.1) is 6.92 Å². The van der Waals surface area contributed by atoms with Gasteiger partial charge in [0.15, 0.2) is 0 Å². The number of alkyl halides is 1. The molecule has 0 saturated heterocycles. The summed E-state index contributed by atoms with van der Waals surface area (Å²) in [4.78, 5) is 4.44. The van der Waals surface area contributed by atoms with Crippen LogP contribution in [0.25, 0.3) is 0 Å². The van der Waals surface area contributed by atoms with Crippen LogP contribution in [-0.2, 0) is 6.54 Å². The van der Waals surface area contributed by atoms with Crippen molar-refractivity contribution in [3.05, 3.63) is 29.6 Å². The van der Waals surface area contributed by atoms with Crippen LogP contribution in [0.1, 0.15) is 31.2 Å². The summed E-state index contributed by atoms with van der Waals surface area (Å²) in [5, 5.41) is 3.44. The number of aromatic nitrogens is 1. The Balaban J connectivity index is 2.30. The Kier molecular flexibility index (Phi) is 5.66. The summed E-state index contributed by atoms with van der Waals surface area (Å²) in [6.07, 6.45) is 2.19. The molecule has 1 atom stereocenters. The molecule has 0 bridgehead atoms. The summed E-state index contributed by atoms with van der Waals surface area (Å²) < 4.78 is 0. The van der Waals surface area contributed by atoms with Crippen LogP contribution in [0.15, 0.2) is 18.2 Å². The molecular formula is C12H19ClN2. The molecule has 84 valence electrons. The molecule has 0 aliphatic rings. The summed E-state index contributed by atoms with van der Waals surface area (Å²) >= 11 is 5.64. The molecule has 0 radical (unpaired) electrons. The molecule has 0 saturated carbocycles. The monoisotopic (exact) mass is 226 g/mol. The minimum Gasteiger partial charge on any atom is -0.309 e. The van der Waals surface area contributed by atoms with Gasteiger partial charge in [0.25, 0.3) is 0 Å². The van der Waals surface area contributed by atoms with E-state index in [1.54, 1.807) is 0 Å². The van der Waals surface area contributed by atoms with Crippen LogP contribution in [-0.4, -0.2) is 16.9 Å². The Labute approximate surface area is 97.1 Å². The van der Waals surface area contributed by atoms with Gasteiger partial charge in [-0.25, -0.2) is 0 Å². The van der Waals surface area contributed by atoms with Crippen molar-refractivity contribution in [3.8, 4) is 0 Å². The van der Waals surface area contributed by atoms with Gasteiger partial charge in [0, 0.05) is 24.2 Å². The summed E-state index contributed by atoms with van der Waals surface area (Å²) in [6, 6.07) is 6.61. The fourth-order valence-corrected chi connectivity index (χ4v) is 1.62. The highest BCUT2D eigenvalue weighted by Crippen LogP contribution is 2.01. The minimum absolute atomic E-state index is 0.506. The molecule has 1 heterocycles. The van der Waals surface area contributed by atoms with E-state index in [9.17, 15) is 0 Å². The van der Waals surface area contributed by atoms with E-state index in [-0.39, 0.29) is 0 Å². The fraction of sp³-hybridized carbons (Fsp3) is 0.583. The Morgan fingerprint density at radius 1 is 1.47 bits per heavy atom. The van der Waals surface area contributed by atoms with Crippen LogP contribution in [0.4, 0.5) is 0 Å². The van der Waals surface area contributed by atoms with Gasteiger partial charge in [-0.1, -0.05) is 6.07 Å². The van der Waals surface area contributed by atoms with E-state index in [2.05, 4.69) is 17.2 Å². The smallest absolute Gasteiger partial charge is 0.0544 e. The van der Waals surface area contributed by atoms with Gasteiger partial charge in [-0.15, -0.1) is 11.6 Å². The van der Waals surface area contributed by atoms with Crippen molar-refractivity contribution < 1.29 is 0 Å². The topological polar surface area (TPSA) is 24.9 Å². The second-order valence-corrected chi connectivity index (χ2v) is 4.26. The molecular weight excluding hydrogens is 208 g/mol. The third-order valence-corrected chi connectivity index (χ3v) is 2.62. The molecule has 1 N–H and O–H groups in total. The van der Waals surface area contributed by atoms with E-state index in [1.165, 1.54) is 0 Å². The highest BCUT2D eigenvalue weighted by Gasteiger charge is 2.01. The summed E-state index contributed by atoms with van der Waals surface area (Å²) in [5.74, 6) is 0.745. The van der Waals surface area contributed by atoms with Crippen LogP contribution in [0.3, 0.4) is 0 Å².